The predicted molar refractivity (Wildman–Crippen MR) is 70.4 cm³/mol. The maximum absolute atomic E-state index is 5.71. The molecule has 0 aromatic heterocycles. The van der Waals surface area contributed by atoms with Crippen molar-refractivity contribution in [1.82, 2.24) is 10.2 Å². The highest BCUT2D eigenvalue weighted by atomic mass is 16.5. The van der Waals surface area contributed by atoms with Gasteiger partial charge >= 0.3 is 0 Å². The van der Waals surface area contributed by atoms with E-state index in [0.717, 1.165) is 51.8 Å². The van der Waals surface area contributed by atoms with Gasteiger partial charge in [0, 0.05) is 26.2 Å². The van der Waals surface area contributed by atoms with Crippen molar-refractivity contribution in [2.45, 2.75) is 26.4 Å². The Labute approximate surface area is 106 Å². The van der Waals surface area contributed by atoms with Crippen molar-refractivity contribution in [2.75, 3.05) is 53.0 Å². The van der Waals surface area contributed by atoms with Gasteiger partial charge in [-0.1, -0.05) is 13.8 Å². The van der Waals surface area contributed by atoms with Gasteiger partial charge in [-0.25, -0.2) is 0 Å². The SMILES string of the molecule is CNCCCOCC1CN(CC(C)C)CCO1. The van der Waals surface area contributed by atoms with Gasteiger partial charge in [0.15, 0.2) is 0 Å². The average Bonchev–Trinajstić information content (AvgIpc) is 2.28. The van der Waals surface area contributed by atoms with Crippen LogP contribution in [0.3, 0.4) is 0 Å². The van der Waals surface area contributed by atoms with Crippen molar-refractivity contribution in [2.24, 2.45) is 5.92 Å². The van der Waals surface area contributed by atoms with Crippen molar-refractivity contribution in [3.05, 3.63) is 0 Å². The van der Waals surface area contributed by atoms with E-state index in [2.05, 4.69) is 24.1 Å². The first-order chi connectivity index (χ1) is 8.22. The number of nitrogens with one attached hydrogen (secondary N) is 1. The molecule has 1 heterocycles. The highest BCUT2D eigenvalue weighted by molar-refractivity contribution is 4.72. The second kappa shape index (κ2) is 8.86. The number of ether oxygens (including phenoxy) is 2. The molecule has 4 heteroatoms. The minimum absolute atomic E-state index is 0.261. The van der Waals surface area contributed by atoms with E-state index >= 15 is 0 Å². The Morgan fingerprint density at radius 1 is 1.47 bits per heavy atom. The van der Waals surface area contributed by atoms with Gasteiger partial charge in [-0.2, -0.15) is 0 Å². The molecular formula is C13H28N2O2. The van der Waals surface area contributed by atoms with E-state index in [0.29, 0.717) is 0 Å². The van der Waals surface area contributed by atoms with Gasteiger partial charge in [0.25, 0.3) is 0 Å². The summed E-state index contributed by atoms with van der Waals surface area (Å²) in [7, 11) is 1.97. The summed E-state index contributed by atoms with van der Waals surface area (Å²) in [5.74, 6) is 0.727. The minimum atomic E-state index is 0.261. The van der Waals surface area contributed by atoms with Crippen LogP contribution < -0.4 is 5.32 Å². The van der Waals surface area contributed by atoms with Crippen molar-refractivity contribution in [3.8, 4) is 0 Å². The quantitative estimate of drug-likeness (QED) is 0.645. The summed E-state index contributed by atoms with van der Waals surface area (Å²) < 4.78 is 11.4. The van der Waals surface area contributed by atoms with Crippen molar-refractivity contribution >= 4 is 0 Å². The Hall–Kier alpha value is -0.160. The zero-order valence-corrected chi connectivity index (χ0v) is 11.6. The molecule has 0 spiro atoms. The van der Waals surface area contributed by atoms with Crippen LogP contribution in [0.5, 0.6) is 0 Å². The monoisotopic (exact) mass is 244 g/mol. The highest BCUT2D eigenvalue weighted by Crippen LogP contribution is 2.08. The van der Waals surface area contributed by atoms with Crippen LogP contribution in [-0.4, -0.2) is 64.1 Å². The minimum Gasteiger partial charge on any atom is -0.379 e. The average molecular weight is 244 g/mol. The molecule has 1 aliphatic heterocycles. The lowest BCUT2D eigenvalue weighted by atomic mass is 10.2. The molecule has 1 N–H and O–H groups in total. The zero-order valence-electron chi connectivity index (χ0n) is 11.6. The summed E-state index contributed by atoms with van der Waals surface area (Å²) in [5.41, 5.74) is 0. The summed E-state index contributed by atoms with van der Waals surface area (Å²) >= 11 is 0. The molecule has 0 radical (unpaired) electrons. The van der Waals surface area contributed by atoms with Crippen LogP contribution in [-0.2, 0) is 9.47 Å². The molecule has 0 aromatic rings. The molecule has 1 atom stereocenters. The van der Waals surface area contributed by atoms with Gasteiger partial charge in [0.2, 0.25) is 0 Å². The lowest BCUT2D eigenvalue weighted by molar-refractivity contribution is -0.0711. The molecule has 1 rings (SSSR count). The lowest BCUT2D eigenvalue weighted by Gasteiger charge is -2.33. The third-order valence-electron chi connectivity index (χ3n) is 2.87. The molecule has 1 aliphatic rings. The van der Waals surface area contributed by atoms with E-state index in [1.54, 1.807) is 0 Å². The maximum Gasteiger partial charge on any atom is 0.0935 e. The van der Waals surface area contributed by atoms with Gasteiger partial charge in [-0.15, -0.1) is 0 Å². The van der Waals surface area contributed by atoms with Crippen LogP contribution in [0.2, 0.25) is 0 Å². The van der Waals surface area contributed by atoms with Crippen LogP contribution in [0, 0.1) is 5.92 Å². The normalized spacial score (nSPS) is 22.2. The van der Waals surface area contributed by atoms with Gasteiger partial charge in [0.05, 0.1) is 19.3 Å². The van der Waals surface area contributed by atoms with E-state index in [-0.39, 0.29) is 6.10 Å². The fraction of sp³-hybridized carbons (Fsp3) is 1.00. The largest absolute Gasteiger partial charge is 0.379 e. The molecule has 1 fully saturated rings. The third-order valence-corrected chi connectivity index (χ3v) is 2.87. The Morgan fingerprint density at radius 2 is 2.29 bits per heavy atom. The molecule has 4 nitrogen and oxygen atoms in total. The van der Waals surface area contributed by atoms with Gasteiger partial charge in [0.1, 0.15) is 0 Å². The van der Waals surface area contributed by atoms with E-state index in [1.165, 1.54) is 6.54 Å². The van der Waals surface area contributed by atoms with Crippen molar-refractivity contribution in [1.29, 1.82) is 0 Å². The fourth-order valence-corrected chi connectivity index (χ4v) is 2.13. The van der Waals surface area contributed by atoms with Crippen LogP contribution >= 0.6 is 0 Å². The summed E-state index contributed by atoms with van der Waals surface area (Å²) in [4.78, 5) is 2.48. The fourth-order valence-electron chi connectivity index (χ4n) is 2.13. The lowest BCUT2D eigenvalue weighted by Crippen LogP contribution is -2.45. The molecular weight excluding hydrogens is 216 g/mol. The summed E-state index contributed by atoms with van der Waals surface area (Å²) in [5, 5.41) is 3.12. The van der Waals surface area contributed by atoms with E-state index < -0.39 is 0 Å². The second-order valence-electron chi connectivity index (χ2n) is 5.18. The van der Waals surface area contributed by atoms with E-state index in [1.807, 2.05) is 7.05 Å². The highest BCUT2D eigenvalue weighted by Gasteiger charge is 2.20. The Kier molecular flexibility index (Phi) is 7.77. The number of hydrogen-bond acceptors (Lipinski definition) is 4. The molecule has 0 aliphatic carbocycles. The second-order valence-corrected chi connectivity index (χ2v) is 5.18. The summed E-state index contributed by atoms with van der Waals surface area (Å²) in [6.07, 6.45) is 1.33. The van der Waals surface area contributed by atoms with Gasteiger partial charge in [-0.05, 0) is 25.9 Å². The first kappa shape index (κ1) is 14.9. The molecule has 0 aromatic carbocycles. The Bertz CT molecular complexity index is 188. The number of hydrogen-bond donors (Lipinski definition) is 1. The van der Waals surface area contributed by atoms with Crippen LogP contribution in [0.1, 0.15) is 20.3 Å². The van der Waals surface area contributed by atoms with Crippen molar-refractivity contribution < 1.29 is 9.47 Å². The van der Waals surface area contributed by atoms with E-state index in [4.69, 9.17) is 9.47 Å². The number of morpholine rings is 1. The molecule has 102 valence electrons. The molecule has 1 unspecified atom stereocenters. The Morgan fingerprint density at radius 3 is 3.00 bits per heavy atom. The first-order valence-corrected chi connectivity index (χ1v) is 6.78. The summed E-state index contributed by atoms with van der Waals surface area (Å²) in [6.45, 7) is 11.2. The third kappa shape index (κ3) is 6.99. The maximum atomic E-state index is 5.71. The first-order valence-electron chi connectivity index (χ1n) is 6.78. The Balaban J connectivity index is 2.08. The summed E-state index contributed by atoms with van der Waals surface area (Å²) in [6, 6.07) is 0. The number of rotatable bonds is 8. The topological polar surface area (TPSA) is 33.7 Å². The molecule has 1 saturated heterocycles. The smallest absolute Gasteiger partial charge is 0.0935 e. The molecule has 0 saturated carbocycles. The van der Waals surface area contributed by atoms with Gasteiger partial charge in [-0.3, -0.25) is 4.90 Å². The molecule has 0 amide bonds. The zero-order chi connectivity index (χ0) is 12.5. The number of nitrogens with zero attached hydrogens (tertiary/aromatic N) is 1. The van der Waals surface area contributed by atoms with Crippen LogP contribution in [0.25, 0.3) is 0 Å². The standard InChI is InChI=1S/C13H28N2O2/c1-12(2)9-15-6-8-17-13(10-15)11-16-7-4-5-14-3/h12-14H,4-11H2,1-3H3. The van der Waals surface area contributed by atoms with Crippen molar-refractivity contribution in [3.63, 3.8) is 0 Å². The predicted octanol–water partition coefficient (Wildman–Crippen LogP) is 0.969. The van der Waals surface area contributed by atoms with Gasteiger partial charge < -0.3 is 14.8 Å². The molecule has 17 heavy (non-hydrogen) atoms. The molecule has 0 bridgehead atoms. The van der Waals surface area contributed by atoms with Crippen LogP contribution in [0.15, 0.2) is 0 Å². The van der Waals surface area contributed by atoms with E-state index in [9.17, 15) is 0 Å². The van der Waals surface area contributed by atoms with Crippen LogP contribution in [0.4, 0.5) is 0 Å².